The van der Waals surface area contributed by atoms with Crippen LogP contribution in [0.5, 0.6) is 0 Å². The molecule has 1 amide bonds. The minimum absolute atomic E-state index is 0.253. The van der Waals surface area contributed by atoms with Crippen molar-refractivity contribution in [3.8, 4) is 0 Å². The highest BCUT2D eigenvalue weighted by atomic mass is 19.4. The van der Waals surface area contributed by atoms with Gasteiger partial charge in [0.1, 0.15) is 0 Å². The van der Waals surface area contributed by atoms with E-state index in [0.717, 1.165) is 19.5 Å². The van der Waals surface area contributed by atoms with E-state index >= 15 is 0 Å². The number of hydrogen-bond donors (Lipinski definition) is 2. The molecule has 3 N–H and O–H groups in total. The molecule has 0 aromatic rings. The first kappa shape index (κ1) is 15.2. The molecule has 1 rings (SSSR count). The summed E-state index contributed by atoms with van der Waals surface area (Å²) in [6, 6.07) is -0.253. The second-order valence-electron chi connectivity index (χ2n) is 4.91. The van der Waals surface area contributed by atoms with E-state index < -0.39 is 17.6 Å². The Morgan fingerprint density at radius 1 is 1.50 bits per heavy atom. The molecule has 1 fully saturated rings. The van der Waals surface area contributed by atoms with Gasteiger partial charge in [-0.25, -0.2) is 0 Å². The minimum Gasteiger partial charge on any atom is -0.350 e. The number of piperidine rings is 1. The van der Waals surface area contributed by atoms with Crippen LogP contribution in [-0.2, 0) is 4.79 Å². The number of amides is 1. The Morgan fingerprint density at radius 2 is 2.11 bits per heavy atom. The fraction of sp³-hybridized carbons (Fsp3) is 0.909. The number of likely N-dealkylation sites (N-methyl/N-ethyl adjacent to an activating group) is 1. The van der Waals surface area contributed by atoms with Crippen molar-refractivity contribution < 1.29 is 18.0 Å². The fourth-order valence-corrected chi connectivity index (χ4v) is 1.92. The number of likely N-dealkylation sites (tertiary alicyclic amines) is 1. The molecule has 0 spiro atoms. The van der Waals surface area contributed by atoms with Crippen LogP contribution >= 0.6 is 0 Å². The molecule has 1 saturated heterocycles. The SMILES string of the molecule is CCN1CCCC(NC(=O)C(C)(N)C(F)(F)F)C1. The predicted molar refractivity (Wildman–Crippen MR) is 61.9 cm³/mol. The van der Waals surface area contributed by atoms with Gasteiger partial charge in [0.15, 0.2) is 5.54 Å². The molecular formula is C11H20F3N3O. The number of halogens is 3. The van der Waals surface area contributed by atoms with Gasteiger partial charge in [-0.05, 0) is 32.9 Å². The van der Waals surface area contributed by atoms with Gasteiger partial charge in [-0.2, -0.15) is 13.2 Å². The number of hydrogen-bond acceptors (Lipinski definition) is 3. The molecule has 1 heterocycles. The lowest BCUT2D eigenvalue weighted by Crippen LogP contribution is -2.63. The van der Waals surface area contributed by atoms with Crippen molar-refractivity contribution in [2.24, 2.45) is 5.73 Å². The van der Waals surface area contributed by atoms with E-state index in [-0.39, 0.29) is 6.04 Å². The number of rotatable bonds is 3. The van der Waals surface area contributed by atoms with Gasteiger partial charge in [0.2, 0.25) is 5.91 Å². The summed E-state index contributed by atoms with van der Waals surface area (Å²) in [4.78, 5) is 13.7. The van der Waals surface area contributed by atoms with Gasteiger partial charge in [0.05, 0.1) is 0 Å². The van der Waals surface area contributed by atoms with Crippen molar-refractivity contribution in [1.82, 2.24) is 10.2 Å². The summed E-state index contributed by atoms with van der Waals surface area (Å²) < 4.78 is 37.8. The normalized spacial score (nSPS) is 25.6. The molecule has 106 valence electrons. The average molecular weight is 267 g/mol. The van der Waals surface area contributed by atoms with Crippen molar-refractivity contribution >= 4 is 5.91 Å². The highest BCUT2D eigenvalue weighted by molar-refractivity contribution is 5.86. The zero-order valence-electron chi connectivity index (χ0n) is 10.7. The Bertz CT molecular complexity index is 304. The smallest absolute Gasteiger partial charge is 0.350 e. The average Bonchev–Trinajstić information content (AvgIpc) is 2.27. The van der Waals surface area contributed by atoms with Crippen LogP contribution in [0.25, 0.3) is 0 Å². The molecular weight excluding hydrogens is 247 g/mol. The second-order valence-corrected chi connectivity index (χ2v) is 4.91. The van der Waals surface area contributed by atoms with Gasteiger partial charge >= 0.3 is 6.18 Å². The first-order valence-electron chi connectivity index (χ1n) is 6.07. The van der Waals surface area contributed by atoms with Crippen molar-refractivity contribution in [3.63, 3.8) is 0 Å². The van der Waals surface area contributed by atoms with Crippen LogP contribution in [0.15, 0.2) is 0 Å². The maximum atomic E-state index is 12.6. The molecule has 1 aliphatic rings. The third-order valence-corrected chi connectivity index (χ3v) is 3.35. The number of alkyl halides is 3. The molecule has 0 bridgehead atoms. The van der Waals surface area contributed by atoms with Gasteiger partial charge in [-0.3, -0.25) is 4.79 Å². The molecule has 0 aromatic heterocycles. The third kappa shape index (κ3) is 3.35. The van der Waals surface area contributed by atoms with Crippen molar-refractivity contribution in [3.05, 3.63) is 0 Å². The van der Waals surface area contributed by atoms with Crippen LogP contribution in [-0.4, -0.2) is 48.2 Å². The molecule has 0 aromatic carbocycles. The highest BCUT2D eigenvalue weighted by Crippen LogP contribution is 2.28. The number of carbonyl (C=O) groups excluding carboxylic acids is 1. The van der Waals surface area contributed by atoms with E-state index in [0.29, 0.717) is 19.9 Å². The van der Waals surface area contributed by atoms with E-state index in [1.54, 1.807) is 0 Å². The van der Waals surface area contributed by atoms with E-state index in [1.807, 2.05) is 6.92 Å². The molecule has 0 radical (unpaired) electrons. The fourth-order valence-electron chi connectivity index (χ4n) is 1.92. The predicted octanol–water partition coefficient (Wildman–Crippen LogP) is 0.867. The summed E-state index contributed by atoms with van der Waals surface area (Å²) in [7, 11) is 0. The Hall–Kier alpha value is -0.820. The van der Waals surface area contributed by atoms with Crippen molar-refractivity contribution in [2.75, 3.05) is 19.6 Å². The molecule has 1 aliphatic heterocycles. The van der Waals surface area contributed by atoms with Crippen molar-refractivity contribution in [2.45, 2.75) is 44.4 Å². The first-order chi connectivity index (χ1) is 8.18. The molecule has 0 aliphatic carbocycles. The van der Waals surface area contributed by atoms with Crippen LogP contribution in [0.4, 0.5) is 13.2 Å². The zero-order chi connectivity index (χ0) is 14.0. The van der Waals surface area contributed by atoms with Crippen LogP contribution in [0.3, 0.4) is 0 Å². The summed E-state index contributed by atoms with van der Waals surface area (Å²) >= 11 is 0. The maximum absolute atomic E-state index is 12.6. The number of nitrogens with zero attached hydrogens (tertiary/aromatic N) is 1. The lowest BCUT2D eigenvalue weighted by atomic mass is 9.99. The van der Waals surface area contributed by atoms with Gasteiger partial charge in [0.25, 0.3) is 0 Å². The molecule has 18 heavy (non-hydrogen) atoms. The zero-order valence-corrected chi connectivity index (χ0v) is 10.7. The van der Waals surface area contributed by atoms with Gasteiger partial charge in [-0.15, -0.1) is 0 Å². The van der Waals surface area contributed by atoms with Crippen LogP contribution < -0.4 is 11.1 Å². The molecule has 4 nitrogen and oxygen atoms in total. The number of nitrogens with two attached hydrogens (primary N) is 1. The minimum atomic E-state index is -4.74. The summed E-state index contributed by atoms with van der Waals surface area (Å²) in [6.45, 7) is 5.00. The van der Waals surface area contributed by atoms with Crippen molar-refractivity contribution in [1.29, 1.82) is 0 Å². The van der Waals surface area contributed by atoms with E-state index in [2.05, 4.69) is 10.2 Å². The number of carbonyl (C=O) groups is 1. The Morgan fingerprint density at radius 3 is 2.61 bits per heavy atom. The van der Waals surface area contributed by atoms with E-state index in [9.17, 15) is 18.0 Å². The molecule has 2 atom stereocenters. The van der Waals surface area contributed by atoms with Crippen LogP contribution in [0.2, 0.25) is 0 Å². The van der Waals surface area contributed by atoms with Crippen LogP contribution in [0.1, 0.15) is 26.7 Å². The highest BCUT2D eigenvalue weighted by Gasteiger charge is 2.54. The van der Waals surface area contributed by atoms with E-state index in [1.165, 1.54) is 0 Å². The Labute approximate surface area is 105 Å². The summed E-state index contributed by atoms with van der Waals surface area (Å²) in [5.74, 6) is -1.15. The molecule has 7 heteroatoms. The maximum Gasteiger partial charge on any atom is 0.415 e. The quantitative estimate of drug-likeness (QED) is 0.797. The molecule has 2 unspecified atom stereocenters. The Balaban J connectivity index is 2.59. The lowest BCUT2D eigenvalue weighted by Gasteiger charge is -2.34. The van der Waals surface area contributed by atoms with E-state index in [4.69, 9.17) is 5.73 Å². The largest absolute Gasteiger partial charge is 0.415 e. The van der Waals surface area contributed by atoms with Gasteiger partial charge < -0.3 is 16.0 Å². The lowest BCUT2D eigenvalue weighted by molar-refractivity contribution is -0.187. The standard InChI is InChI=1S/C11H20F3N3O/c1-3-17-6-4-5-8(7-17)16-9(18)10(2,15)11(12,13)14/h8H,3-7,15H2,1-2H3,(H,16,18). The Kier molecular flexibility index (Phi) is 4.61. The number of nitrogens with one attached hydrogen (secondary N) is 1. The van der Waals surface area contributed by atoms with Gasteiger partial charge in [0, 0.05) is 12.6 Å². The van der Waals surface area contributed by atoms with Crippen LogP contribution in [0, 0.1) is 0 Å². The topological polar surface area (TPSA) is 58.4 Å². The summed E-state index contributed by atoms with van der Waals surface area (Å²) in [5.41, 5.74) is 2.24. The summed E-state index contributed by atoms with van der Waals surface area (Å²) in [6.07, 6.45) is -3.18. The second kappa shape index (κ2) is 5.44. The monoisotopic (exact) mass is 267 g/mol. The third-order valence-electron chi connectivity index (χ3n) is 3.35. The first-order valence-corrected chi connectivity index (χ1v) is 6.07. The summed E-state index contributed by atoms with van der Waals surface area (Å²) in [5, 5.41) is 2.40. The molecule has 0 saturated carbocycles. The van der Waals surface area contributed by atoms with Gasteiger partial charge in [-0.1, -0.05) is 6.92 Å².